The van der Waals surface area contributed by atoms with Gasteiger partial charge in [-0.25, -0.2) is 4.79 Å². The molecule has 0 aliphatic rings. The fourth-order valence-corrected chi connectivity index (χ4v) is 0.106. The number of halogens is 3. The molecule has 5 nitrogen and oxygen atoms in total. The van der Waals surface area contributed by atoms with Crippen molar-refractivity contribution in [1.29, 1.82) is 5.53 Å². The zero-order valence-electron chi connectivity index (χ0n) is 3.88. The van der Waals surface area contributed by atoms with Crippen molar-refractivity contribution in [1.82, 2.24) is 10.7 Å². The molecule has 2 amide bonds. The lowest BCUT2D eigenvalue weighted by Crippen LogP contribution is -2.26. The van der Waals surface area contributed by atoms with Gasteiger partial charge in [-0.1, -0.05) is 18.6 Å². The number of amides is 2. The number of nitrogens with one attached hydrogen (secondary N) is 1. The first-order chi connectivity index (χ1) is 4.09. The fraction of sp³-hybridized carbons (Fsp3) is 0. The molecule has 1 N–H and O–H groups in total. The Labute approximate surface area is 46.9 Å². The lowest BCUT2D eigenvalue weighted by atomic mass is 11.1. The minimum Gasteiger partial charge on any atom is -0.240 e. The summed E-state index contributed by atoms with van der Waals surface area (Å²) in [4.78, 5) is 9.63. The summed E-state index contributed by atoms with van der Waals surface area (Å²) < 4.78 is 33.1. The van der Waals surface area contributed by atoms with E-state index in [9.17, 15) is 18.2 Å². The van der Waals surface area contributed by atoms with E-state index in [2.05, 4.69) is 0 Å². The van der Waals surface area contributed by atoms with E-state index in [1.807, 2.05) is 5.11 Å². The molecule has 0 unspecified atom stereocenters. The van der Waals surface area contributed by atoms with Crippen LogP contribution in [-0.2, 0) is 0 Å². The predicted octanol–water partition coefficient (Wildman–Crippen LogP) is 1.31. The van der Waals surface area contributed by atoms with Crippen LogP contribution in [0.3, 0.4) is 0 Å². The molecule has 8 heteroatoms. The Hall–Kier alpha value is -1.18. The molecule has 0 aliphatic carbocycles. The van der Waals surface area contributed by atoms with E-state index in [0.29, 0.717) is 0 Å². The van der Waals surface area contributed by atoms with Crippen molar-refractivity contribution in [3.63, 3.8) is 0 Å². The van der Waals surface area contributed by atoms with Crippen LogP contribution in [-0.4, -0.2) is 16.7 Å². The number of rotatable bonds is 1. The molecule has 0 bridgehead atoms. The number of hydrogen-bond donors (Lipinski definition) is 1. The summed E-state index contributed by atoms with van der Waals surface area (Å²) in [6.45, 7) is 0. The van der Waals surface area contributed by atoms with Gasteiger partial charge in [0.05, 0.1) is 0 Å². The molecular weight excluding hydrogens is 141 g/mol. The third-order valence-electron chi connectivity index (χ3n) is 0.386. The highest BCUT2D eigenvalue weighted by molar-refractivity contribution is 5.72. The summed E-state index contributed by atoms with van der Waals surface area (Å²) in [6.07, 6.45) is 0. The third-order valence-corrected chi connectivity index (χ3v) is 0.386. The van der Waals surface area contributed by atoms with Crippen LogP contribution in [0.1, 0.15) is 0 Å². The van der Waals surface area contributed by atoms with Gasteiger partial charge < -0.3 is 0 Å². The summed E-state index contributed by atoms with van der Waals surface area (Å²) in [5.41, 5.74) is 3.64. The topological polar surface area (TPSA) is 59.8 Å². The van der Waals surface area contributed by atoms with Crippen molar-refractivity contribution in [2.45, 2.75) is 0 Å². The monoisotopic (exact) mass is 142 g/mol. The van der Waals surface area contributed by atoms with Crippen molar-refractivity contribution in [3.8, 4) is 0 Å². The van der Waals surface area contributed by atoms with Crippen molar-refractivity contribution in [3.05, 3.63) is 0 Å². The van der Waals surface area contributed by atoms with E-state index in [-0.39, 0.29) is 0 Å². The average Bonchev–Trinajstić information content (AvgIpc) is 1.84. The molecule has 0 spiro atoms. The van der Waals surface area contributed by atoms with Crippen LogP contribution >= 0.6 is 0 Å². The summed E-state index contributed by atoms with van der Waals surface area (Å²) >= 11 is 0. The standard InChI is InChI=1S/CHF3N4O/c2-7(8(3)4)1(9)6-5/h5H. The van der Waals surface area contributed by atoms with Crippen LogP contribution in [0, 0.1) is 5.53 Å². The van der Waals surface area contributed by atoms with Crippen molar-refractivity contribution in [2.75, 3.05) is 0 Å². The Balaban J connectivity index is 3.87. The molecule has 0 fully saturated rings. The summed E-state index contributed by atoms with van der Waals surface area (Å²) in [6, 6.07) is -1.99. The van der Waals surface area contributed by atoms with Crippen LogP contribution in [0.25, 0.3) is 0 Å². The van der Waals surface area contributed by atoms with Crippen LogP contribution in [0.15, 0.2) is 5.11 Å². The smallest absolute Gasteiger partial charge is 0.240 e. The van der Waals surface area contributed by atoms with Crippen molar-refractivity contribution in [2.24, 2.45) is 5.11 Å². The third kappa shape index (κ3) is 2.04. The van der Waals surface area contributed by atoms with Gasteiger partial charge in [0, 0.05) is 0 Å². The first-order valence-electron chi connectivity index (χ1n) is 1.58. The fourth-order valence-electron chi connectivity index (χ4n) is 0.106. The first kappa shape index (κ1) is 7.82. The quantitative estimate of drug-likeness (QED) is 0.341. The highest BCUT2D eigenvalue weighted by Gasteiger charge is 2.20. The molecule has 9 heavy (non-hydrogen) atoms. The molecule has 0 aromatic carbocycles. The number of carbonyl (C=O) groups excluding carboxylic acids is 1. The first-order valence-corrected chi connectivity index (χ1v) is 1.58. The predicted molar refractivity (Wildman–Crippen MR) is 17.5 cm³/mol. The largest absolute Gasteiger partial charge is 0.409 e. The van der Waals surface area contributed by atoms with E-state index in [4.69, 9.17) is 5.53 Å². The zero-order valence-corrected chi connectivity index (χ0v) is 3.88. The van der Waals surface area contributed by atoms with Gasteiger partial charge in [0.25, 0.3) is 0 Å². The lowest BCUT2D eigenvalue weighted by molar-refractivity contribution is -0.339. The number of nitrogens with zero attached hydrogens (tertiary/aromatic N) is 3. The zero-order chi connectivity index (χ0) is 7.44. The second-order valence-electron chi connectivity index (χ2n) is 0.870. The van der Waals surface area contributed by atoms with Gasteiger partial charge in [0.2, 0.25) is 0 Å². The number of hydrogen-bond acceptors (Lipinski definition) is 3. The second kappa shape index (κ2) is 2.97. The molecule has 0 rings (SSSR count). The molecule has 0 aromatic heterocycles. The van der Waals surface area contributed by atoms with E-state index in [1.54, 1.807) is 0 Å². The molecule has 0 radical (unpaired) electrons. The maximum atomic E-state index is 11.4. The van der Waals surface area contributed by atoms with Gasteiger partial charge in [-0.2, -0.15) is 5.53 Å². The van der Waals surface area contributed by atoms with Crippen LogP contribution < -0.4 is 0 Å². The maximum Gasteiger partial charge on any atom is 0.409 e. The van der Waals surface area contributed by atoms with Crippen LogP contribution in [0.4, 0.5) is 18.2 Å². The van der Waals surface area contributed by atoms with Gasteiger partial charge in [0.15, 0.2) is 5.45 Å². The molecule has 0 saturated carbocycles. The van der Waals surface area contributed by atoms with E-state index in [1.165, 1.54) is 0 Å². The Kier molecular flexibility index (Phi) is 2.58. The summed E-state index contributed by atoms with van der Waals surface area (Å²) in [5.74, 6) is 0. The number of urea groups is 1. The van der Waals surface area contributed by atoms with Gasteiger partial charge in [0.1, 0.15) is 0 Å². The highest BCUT2D eigenvalue weighted by Crippen LogP contribution is 2.01. The van der Waals surface area contributed by atoms with E-state index < -0.39 is 16.7 Å². The van der Waals surface area contributed by atoms with Crippen molar-refractivity contribution < 1.29 is 18.2 Å². The van der Waals surface area contributed by atoms with E-state index in [0.717, 1.165) is 0 Å². The molecule has 0 aromatic rings. The minimum atomic E-state index is -2.12. The van der Waals surface area contributed by atoms with Crippen molar-refractivity contribution >= 4 is 6.03 Å². The Morgan fingerprint density at radius 2 is 1.89 bits per heavy atom. The summed E-state index contributed by atoms with van der Waals surface area (Å²) in [5, 5.41) is 0.246. The molecular formula is CHF3N4O. The second-order valence-corrected chi connectivity index (χ2v) is 0.870. The molecule has 0 aliphatic heterocycles. The number of hydrazine groups is 1. The normalized spacial score (nSPS) is 9.33. The van der Waals surface area contributed by atoms with Gasteiger partial charge in [-0.05, 0) is 5.23 Å². The van der Waals surface area contributed by atoms with Gasteiger partial charge >= 0.3 is 6.03 Å². The molecule has 52 valence electrons. The maximum absolute atomic E-state index is 11.4. The molecule has 0 atom stereocenters. The van der Waals surface area contributed by atoms with E-state index >= 15 is 0 Å². The number of carbonyl (C=O) groups is 1. The van der Waals surface area contributed by atoms with Gasteiger partial charge in [-0.3, -0.25) is 0 Å². The van der Waals surface area contributed by atoms with Crippen LogP contribution in [0.5, 0.6) is 0 Å². The summed E-state index contributed by atoms with van der Waals surface area (Å²) in [7, 11) is 0. The lowest BCUT2D eigenvalue weighted by Gasteiger charge is -2.03. The SMILES string of the molecule is N=NC(=O)N(F)N(F)F. The van der Waals surface area contributed by atoms with Gasteiger partial charge in [-0.15, -0.1) is 0 Å². The molecule has 0 heterocycles. The van der Waals surface area contributed by atoms with Crippen LogP contribution in [0.2, 0.25) is 0 Å². The molecule has 0 saturated heterocycles. The minimum absolute atomic E-state index is 1.60. The average molecular weight is 142 g/mol. The Morgan fingerprint density at radius 3 is 2.00 bits per heavy atom. The highest BCUT2D eigenvalue weighted by atomic mass is 19.4. The Morgan fingerprint density at radius 1 is 1.44 bits per heavy atom. The Bertz CT molecular complexity index is 125.